The Morgan fingerprint density at radius 3 is 2.20 bits per heavy atom. The third kappa shape index (κ3) is 5.84. The van der Waals surface area contributed by atoms with Crippen molar-refractivity contribution in [2.24, 2.45) is 5.41 Å². The van der Waals surface area contributed by atoms with Crippen molar-refractivity contribution in [1.82, 2.24) is 5.32 Å². The maximum absolute atomic E-state index is 13.9. The van der Waals surface area contributed by atoms with Crippen LogP contribution in [0.15, 0.2) is 54.6 Å². The van der Waals surface area contributed by atoms with Crippen LogP contribution in [0, 0.1) is 5.41 Å². The van der Waals surface area contributed by atoms with Gasteiger partial charge in [-0.25, -0.2) is 4.79 Å². The van der Waals surface area contributed by atoms with E-state index in [9.17, 15) is 14.4 Å². The van der Waals surface area contributed by atoms with Gasteiger partial charge in [-0.3, -0.25) is 9.59 Å². The predicted molar refractivity (Wildman–Crippen MR) is 140 cm³/mol. The first-order valence-electron chi connectivity index (χ1n) is 12.6. The normalized spacial score (nSPS) is 19.1. The molecule has 0 radical (unpaired) electrons. The van der Waals surface area contributed by atoms with Gasteiger partial charge in [0, 0.05) is 23.7 Å². The number of hydrogen-bond acceptors (Lipinski definition) is 4. The van der Waals surface area contributed by atoms with Gasteiger partial charge in [0.1, 0.15) is 6.04 Å². The second-order valence-corrected chi connectivity index (χ2v) is 10.5. The molecule has 4 rings (SSSR count). The van der Waals surface area contributed by atoms with Gasteiger partial charge in [0.05, 0.1) is 17.9 Å². The molecule has 0 aromatic heterocycles. The third-order valence-electron chi connectivity index (χ3n) is 6.92. The number of nitrogens with zero attached hydrogens (tertiary/aromatic N) is 2. The highest BCUT2D eigenvalue weighted by atomic mass is 16.2. The highest BCUT2D eigenvalue weighted by Gasteiger charge is 2.39. The topological polar surface area (TPSA) is 81.8 Å². The molecule has 0 saturated heterocycles. The van der Waals surface area contributed by atoms with Gasteiger partial charge in [-0.1, -0.05) is 70.4 Å². The summed E-state index contributed by atoms with van der Waals surface area (Å²) in [5, 5.41) is 5.73. The molecule has 0 spiro atoms. The van der Waals surface area contributed by atoms with Gasteiger partial charge in [0.15, 0.2) is 5.78 Å². The Hall–Kier alpha value is -3.35. The Morgan fingerprint density at radius 1 is 0.914 bits per heavy atom. The van der Waals surface area contributed by atoms with E-state index in [4.69, 9.17) is 0 Å². The number of carbonyl (C=O) groups is 3. The largest absolute Gasteiger partial charge is 0.364 e. The minimum atomic E-state index is -0.791. The number of benzene rings is 2. The quantitative estimate of drug-likeness (QED) is 0.638. The fourth-order valence-electron chi connectivity index (χ4n) is 4.85. The lowest BCUT2D eigenvalue weighted by molar-refractivity contribution is -0.127. The second kappa shape index (κ2) is 10.5. The number of rotatable bonds is 5. The molecule has 2 aliphatic rings. The number of carbonyl (C=O) groups excluding carboxylic acids is 3. The fourth-order valence-corrected chi connectivity index (χ4v) is 4.85. The van der Waals surface area contributed by atoms with E-state index in [1.165, 1.54) is 6.42 Å². The Bertz CT molecular complexity index is 1060. The summed E-state index contributed by atoms with van der Waals surface area (Å²) >= 11 is 0. The van der Waals surface area contributed by atoms with Crippen LogP contribution in [0.4, 0.5) is 21.9 Å². The standard InChI is InChI=1S/C28H36N4O3/c1-28(2,3)25(33)19-32-24-17-11-10-16-23(24)31(21-14-8-5-9-15-21)18-22(26(32)34)30-27(35)29-20-12-6-4-7-13-20/h4,6-7,10-13,16-17,21-22H,5,8-9,14-15,18-19H2,1-3H3,(H2,29,30,35). The molecule has 1 aliphatic heterocycles. The van der Waals surface area contributed by atoms with E-state index < -0.39 is 17.5 Å². The van der Waals surface area contributed by atoms with E-state index in [0.717, 1.165) is 37.1 Å². The van der Waals surface area contributed by atoms with Crippen LogP contribution in [0.25, 0.3) is 0 Å². The summed E-state index contributed by atoms with van der Waals surface area (Å²) in [6.07, 6.45) is 5.61. The maximum atomic E-state index is 13.9. The van der Waals surface area contributed by atoms with Gasteiger partial charge < -0.3 is 20.4 Å². The van der Waals surface area contributed by atoms with Gasteiger partial charge in [0.25, 0.3) is 5.91 Å². The molecule has 0 bridgehead atoms. The van der Waals surface area contributed by atoms with Crippen LogP contribution < -0.4 is 20.4 Å². The van der Waals surface area contributed by atoms with Crippen LogP contribution in [-0.4, -0.2) is 42.9 Å². The first kappa shape index (κ1) is 24.8. The van der Waals surface area contributed by atoms with Crippen LogP contribution in [0.2, 0.25) is 0 Å². The summed E-state index contributed by atoms with van der Waals surface area (Å²) in [6, 6.07) is 16.0. The Kier molecular flexibility index (Phi) is 7.43. The SMILES string of the molecule is CC(C)(C)C(=O)CN1C(=O)C(NC(=O)Nc2ccccc2)CN(C2CCCCC2)c2ccccc21. The summed E-state index contributed by atoms with van der Waals surface area (Å²) < 4.78 is 0. The maximum Gasteiger partial charge on any atom is 0.319 e. The number of Topliss-reactive ketones (excluding diaryl/α,β-unsaturated/α-hetero) is 1. The van der Waals surface area contributed by atoms with Crippen molar-refractivity contribution in [3.8, 4) is 0 Å². The first-order chi connectivity index (χ1) is 16.7. The smallest absolute Gasteiger partial charge is 0.319 e. The summed E-state index contributed by atoms with van der Waals surface area (Å²) in [5.41, 5.74) is 1.74. The van der Waals surface area contributed by atoms with Crippen molar-refractivity contribution in [3.63, 3.8) is 0 Å². The summed E-state index contributed by atoms with van der Waals surface area (Å²) in [4.78, 5) is 43.7. The fraction of sp³-hybridized carbons (Fsp3) is 0.464. The average Bonchev–Trinajstić information content (AvgIpc) is 2.95. The Labute approximate surface area is 207 Å². The Morgan fingerprint density at radius 2 is 1.54 bits per heavy atom. The van der Waals surface area contributed by atoms with E-state index in [-0.39, 0.29) is 24.3 Å². The number of fused-ring (bicyclic) bond motifs is 1. The third-order valence-corrected chi connectivity index (χ3v) is 6.92. The average molecular weight is 477 g/mol. The van der Waals surface area contributed by atoms with Crippen LogP contribution in [0.1, 0.15) is 52.9 Å². The minimum Gasteiger partial charge on any atom is -0.364 e. The van der Waals surface area contributed by atoms with Crippen molar-refractivity contribution in [1.29, 1.82) is 0 Å². The highest BCUT2D eigenvalue weighted by Crippen LogP contribution is 2.37. The van der Waals surface area contributed by atoms with E-state index >= 15 is 0 Å². The van der Waals surface area contributed by atoms with E-state index in [1.807, 2.05) is 63.2 Å². The van der Waals surface area contributed by atoms with Gasteiger partial charge in [-0.2, -0.15) is 0 Å². The number of amides is 3. The monoisotopic (exact) mass is 476 g/mol. The number of nitrogens with one attached hydrogen (secondary N) is 2. The van der Waals surface area contributed by atoms with Crippen molar-refractivity contribution in [2.45, 2.75) is 65.0 Å². The Balaban J connectivity index is 1.67. The van der Waals surface area contributed by atoms with Gasteiger partial charge in [0.2, 0.25) is 0 Å². The molecular weight excluding hydrogens is 440 g/mol. The van der Waals surface area contributed by atoms with Crippen LogP contribution in [0.5, 0.6) is 0 Å². The summed E-state index contributed by atoms with van der Waals surface area (Å²) in [6.45, 7) is 5.92. The lowest BCUT2D eigenvalue weighted by Gasteiger charge is -2.37. The van der Waals surface area contributed by atoms with E-state index in [0.29, 0.717) is 12.2 Å². The molecule has 1 atom stereocenters. The molecule has 1 unspecified atom stereocenters. The number of ketones is 1. The summed E-state index contributed by atoms with van der Waals surface area (Å²) in [5.74, 6) is -0.296. The van der Waals surface area contributed by atoms with Crippen molar-refractivity contribution < 1.29 is 14.4 Å². The van der Waals surface area contributed by atoms with Crippen molar-refractivity contribution in [3.05, 3.63) is 54.6 Å². The van der Waals surface area contributed by atoms with Crippen LogP contribution >= 0.6 is 0 Å². The zero-order valence-electron chi connectivity index (χ0n) is 20.9. The predicted octanol–water partition coefficient (Wildman–Crippen LogP) is 4.98. The molecule has 2 aromatic rings. The molecule has 1 aliphatic carbocycles. The van der Waals surface area contributed by atoms with Crippen molar-refractivity contribution in [2.75, 3.05) is 28.2 Å². The first-order valence-corrected chi connectivity index (χ1v) is 12.6. The molecule has 7 heteroatoms. The second-order valence-electron chi connectivity index (χ2n) is 10.5. The number of anilines is 3. The molecule has 1 heterocycles. The molecule has 3 amide bonds. The van der Waals surface area contributed by atoms with Crippen molar-refractivity contribution >= 4 is 34.8 Å². The molecule has 186 valence electrons. The van der Waals surface area contributed by atoms with E-state index in [1.54, 1.807) is 17.0 Å². The minimum absolute atomic E-state index is 0.0285. The lowest BCUT2D eigenvalue weighted by atomic mass is 9.90. The van der Waals surface area contributed by atoms with E-state index in [2.05, 4.69) is 15.5 Å². The molecule has 7 nitrogen and oxygen atoms in total. The lowest BCUT2D eigenvalue weighted by Crippen LogP contribution is -2.55. The molecule has 1 fully saturated rings. The number of urea groups is 1. The molecule has 1 saturated carbocycles. The van der Waals surface area contributed by atoms with Gasteiger partial charge >= 0.3 is 6.03 Å². The van der Waals surface area contributed by atoms with Crippen LogP contribution in [0.3, 0.4) is 0 Å². The number of para-hydroxylation sites is 3. The number of hydrogen-bond donors (Lipinski definition) is 2. The molecular formula is C28H36N4O3. The zero-order chi connectivity index (χ0) is 25.0. The molecule has 2 aromatic carbocycles. The molecule has 35 heavy (non-hydrogen) atoms. The molecule has 2 N–H and O–H groups in total. The summed E-state index contributed by atoms with van der Waals surface area (Å²) in [7, 11) is 0. The van der Waals surface area contributed by atoms with Gasteiger partial charge in [-0.05, 0) is 37.1 Å². The van der Waals surface area contributed by atoms with Crippen LogP contribution in [-0.2, 0) is 9.59 Å². The van der Waals surface area contributed by atoms with Gasteiger partial charge in [-0.15, -0.1) is 0 Å². The highest BCUT2D eigenvalue weighted by molar-refractivity contribution is 6.08. The zero-order valence-corrected chi connectivity index (χ0v) is 20.9.